The molecule has 4 nitrogen and oxygen atoms in total. The number of hydrazine groups is 2. The highest BCUT2D eigenvalue weighted by atomic mass is 15.7. The van der Waals surface area contributed by atoms with Gasteiger partial charge in [-0.15, -0.1) is 5.53 Å². The van der Waals surface area contributed by atoms with Crippen molar-refractivity contribution in [2.75, 3.05) is 17.5 Å². The first-order valence-corrected chi connectivity index (χ1v) is 3.50. The van der Waals surface area contributed by atoms with Crippen molar-refractivity contribution in [1.82, 2.24) is 10.5 Å². The van der Waals surface area contributed by atoms with E-state index in [1.807, 2.05) is 31.1 Å². The second-order valence-corrected chi connectivity index (χ2v) is 2.62. The van der Waals surface area contributed by atoms with Gasteiger partial charge in [-0.3, -0.25) is 10.4 Å². The zero-order valence-electron chi connectivity index (χ0n) is 6.55. The van der Waals surface area contributed by atoms with Crippen LogP contribution in [0.4, 0.5) is 11.5 Å². The average Bonchev–Trinajstić information content (AvgIpc) is 2.32. The highest BCUT2D eigenvalue weighted by Crippen LogP contribution is 2.24. The third-order valence-electron chi connectivity index (χ3n) is 1.72. The molecule has 0 fully saturated rings. The molecule has 0 atom stereocenters. The largest absolute Gasteiger partial charge is 0.290 e. The molecule has 0 amide bonds. The van der Waals surface area contributed by atoms with E-state index in [4.69, 9.17) is 0 Å². The zero-order chi connectivity index (χ0) is 7.84. The van der Waals surface area contributed by atoms with Gasteiger partial charge in [0, 0.05) is 12.7 Å². The predicted octanol–water partition coefficient (Wildman–Crippen LogP) is 0.671. The molecule has 1 aliphatic heterocycles. The summed E-state index contributed by atoms with van der Waals surface area (Å²) in [5.41, 5.74) is 7.99. The summed E-state index contributed by atoms with van der Waals surface area (Å²) in [5.74, 6) is 0.896. The monoisotopic (exact) mass is 150 g/mol. The molecule has 2 rings (SSSR count). The van der Waals surface area contributed by atoms with Crippen LogP contribution in [0.2, 0.25) is 0 Å². The van der Waals surface area contributed by atoms with Gasteiger partial charge in [-0.2, -0.15) is 0 Å². The molecule has 0 spiro atoms. The van der Waals surface area contributed by atoms with Gasteiger partial charge < -0.3 is 0 Å². The maximum Gasteiger partial charge on any atom is 0.167 e. The third kappa shape index (κ3) is 0.914. The van der Waals surface area contributed by atoms with Gasteiger partial charge in [-0.25, -0.2) is 4.98 Å². The van der Waals surface area contributed by atoms with Crippen LogP contribution in [0.25, 0.3) is 0 Å². The van der Waals surface area contributed by atoms with Gasteiger partial charge in [0.2, 0.25) is 0 Å². The first kappa shape index (κ1) is 6.42. The molecule has 2 N–H and O–H groups in total. The van der Waals surface area contributed by atoms with Crippen LogP contribution in [0.1, 0.15) is 5.69 Å². The molecule has 0 aromatic carbocycles. The summed E-state index contributed by atoms with van der Waals surface area (Å²) in [6.45, 7) is 1.97. The number of hydrogen-bond donors (Lipinski definition) is 2. The SMILES string of the molecule is Cc1ccc2c(n1)NNN2C. The van der Waals surface area contributed by atoms with Crippen LogP contribution < -0.4 is 16.0 Å². The lowest BCUT2D eigenvalue weighted by Crippen LogP contribution is -2.31. The fraction of sp³-hybridized carbons (Fsp3) is 0.286. The Kier molecular flexibility index (Phi) is 1.22. The van der Waals surface area contributed by atoms with Gasteiger partial charge in [0.05, 0.1) is 5.69 Å². The Morgan fingerprint density at radius 3 is 3.09 bits per heavy atom. The van der Waals surface area contributed by atoms with E-state index in [2.05, 4.69) is 15.9 Å². The predicted molar refractivity (Wildman–Crippen MR) is 44.1 cm³/mol. The average molecular weight is 150 g/mol. The van der Waals surface area contributed by atoms with Crippen LogP contribution >= 0.6 is 0 Å². The number of nitrogens with one attached hydrogen (secondary N) is 2. The molecule has 0 radical (unpaired) electrons. The Morgan fingerprint density at radius 1 is 1.45 bits per heavy atom. The van der Waals surface area contributed by atoms with Crippen LogP contribution in [-0.4, -0.2) is 12.0 Å². The van der Waals surface area contributed by atoms with Crippen molar-refractivity contribution in [3.63, 3.8) is 0 Å². The molecule has 58 valence electrons. The minimum atomic E-state index is 0.896. The molecule has 0 bridgehead atoms. The summed E-state index contributed by atoms with van der Waals surface area (Å²) in [7, 11) is 1.94. The smallest absolute Gasteiger partial charge is 0.167 e. The van der Waals surface area contributed by atoms with Crippen molar-refractivity contribution in [2.45, 2.75) is 6.92 Å². The van der Waals surface area contributed by atoms with Crippen LogP contribution in [0.5, 0.6) is 0 Å². The first-order valence-electron chi connectivity index (χ1n) is 3.50. The summed E-state index contributed by atoms with van der Waals surface area (Å²) in [4.78, 5) is 4.29. The van der Waals surface area contributed by atoms with Gasteiger partial charge in [-0.1, -0.05) is 0 Å². The fourth-order valence-electron chi connectivity index (χ4n) is 1.11. The number of aromatic nitrogens is 1. The minimum absolute atomic E-state index is 0.896. The fourth-order valence-corrected chi connectivity index (χ4v) is 1.11. The van der Waals surface area contributed by atoms with Crippen LogP contribution in [0.15, 0.2) is 12.1 Å². The first-order chi connectivity index (χ1) is 5.27. The van der Waals surface area contributed by atoms with Gasteiger partial charge in [0.25, 0.3) is 0 Å². The molecule has 1 aromatic heterocycles. The quantitative estimate of drug-likeness (QED) is 0.570. The minimum Gasteiger partial charge on any atom is -0.290 e. The standard InChI is InChI=1S/C7H10N4/c1-5-3-4-6-7(8-5)9-10-11(6)2/h3-4,10H,1-2H3,(H,8,9). The number of rotatable bonds is 0. The molecule has 2 heterocycles. The van der Waals surface area contributed by atoms with Crippen molar-refractivity contribution < 1.29 is 0 Å². The molecule has 0 saturated carbocycles. The molecular formula is C7H10N4. The van der Waals surface area contributed by atoms with Gasteiger partial charge in [0.1, 0.15) is 0 Å². The Morgan fingerprint density at radius 2 is 2.27 bits per heavy atom. The number of fused-ring (bicyclic) bond motifs is 1. The molecule has 1 aliphatic rings. The Hall–Kier alpha value is -1.29. The molecule has 0 aliphatic carbocycles. The van der Waals surface area contributed by atoms with E-state index in [0.717, 1.165) is 17.2 Å². The lowest BCUT2D eigenvalue weighted by atomic mass is 10.3. The molecule has 1 aromatic rings. The summed E-state index contributed by atoms with van der Waals surface area (Å²) < 4.78 is 0. The van der Waals surface area contributed by atoms with Crippen LogP contribution in [-0.2, 0) is 0 Å². The van der Waals surface area contributed by atoms with E-state index in [1.54, 1.807) is 0 Å². The maximum absolute atomic E-state index is 4.29. The van der Waals surface area contributed by atoms with E-state index >= 15 is 0 Å². The van der Waals surface area contributed by atoms with E-state index in [1.165, 1.54) is 0 Å². The summed E-state index contributed by atoms with van der Waals surface area (Å²) >= 11 is 0. The summed E-state index contributed by atoms with van der Waals surface area (Å²) in [6, 6.07) is 4.02. The number of aryl methyl sites for hydroxylation is 1. The van der Waals surface area contributed by atoms with Gasteiger partial charge in [-0.05, 0) is 19.1 Å². The van der Waals surface area contributed by atoms with E-state index < -0.39 is 0 Å². The topological polar surface area (TPSA) is 40.2 Å². The van der Waals surface area contributed by atoms with E-state index in [9.17, 15) is 0 Å². The Bertz CT molecular complexity index is 284. The van der Waals surface area contributed by atoms with Crippen molar-refractivity contribution in [1.29, 1.82) is 0 Å². The van der Waals surface area contributed by atoms with E-state index in [-0.39, 0.29) is 0 Å². The van der Waals surface area contributed by atoms with Crippen LogP contribution in [0, 0.1) is 6.92 Å². The molecular weight excluding hydrogens is 140 g/mol. The van der Waals surface area contributed by atoms with Crippen molar-refractivity contribution in [3.05, 3.63) is 17.8 Å². The number of hydrogen-bond acceptors (Lipinski definition) is 4. The van der Waals surface area contributed by atoms with E-state index in [0.29, 0.717) is 0 Å². The Balaban J connectivity index is 2.50. The van der Waals surface area contributed by atoms with Crippen molar-refractivity contribution >= 4 is 11.5 Å². The molecule has 4 heteroatoms. The number of anilines is 2. The molecule has 0 saturated heterocycles. The lowest BCUT2D eigenvalue weighted by Gasteiger charge is -2.08. The van der Waals surface area contributed by atoms with Gasteiger partial charge >= 0.3 is 0 Å². The second-order valence-electron chi connectivity index (χ2n) is 2.62. The lowest BCUT2D eigenvalue weighted by molar-refractivity contribution is 0.819. The second kappa shape index (κ2) is 2.10. The normalized spacial score (nSPS) is 14.5. The molecule has 0 unspecified atom stereocenters. The molecule has 11 heavy (non-hydrogen) atoms. The summed E-state index contributed by atoms with van der Waals surface area (Å²) in [5, 5.41) is 1.89. The Labute approximate surface area is 65.2 Å². The summed E-state index contributed by atoms with van der Waals surface area (Å²) in [6.07, 6.45) is 0. The highest BCUT2D eigenvalue weighted by Gasteiger charge is 2.14. The van der Waals surface area contributed by atoms with Crippen molar-refractivity contribution in [3.8, 4) is 0 Å². The number of pyridine rings is 1. The van der Waals surface area contributed by atoms with Crippen molar-refractivity contribution in [2.24, 2.45) is 0 Å². The third-order valence-corrected chi connectivity index (χ3v) is 1.72. The number of nitrogens with zero attached hydrogens (tertiary/aromatic N) is 2. The van der Waals surface area contributed by atoms with Gasteiger partial charge in [0.15, 0.2) is 5.82 Å². The zero-order valence-corrected chi connectivity index (χ0v) is 6.55. The maximum atomic E-state index is 4.29. The highest BCUT2D eigenvalue weighted by molar-refractivity contribution is 5.68. The van der Waals surface area contributed by atoms with Crippen LogP contribution in [0.3, 0.4) is 0 Å².